The van der Waals surface area contributed by atoms with Gasteiger partial charge in [-0.25, -0.2) is 4.79 Å². The molecule has 0 bridgehead atoms. The molecule has 3 aliphatic rings. The Morgan fingerprint density at radius 3 is 2.44 bits per heavy atom. The van der Waals surface area contributed by atoms with Crippen LogP contribution >= 0.6 is 11.3 Å². The standard InChI is InChI=1S/C39H55N3O11S/c1-19-16-21(3)50-36(31(19)45)52-34-23(5)32(46)24(6)35(47)51-28(12-14-40-29(43)17-25-10-11-27(54-25)26-13-15-49-42-26)39(9)33(41-37(48)53-39)22(4)30(44)20(2)18-38(34,7)8/h10-11,13,15,19-24,28,31,33-34,36,45H,12,14,16-18H2,1-9H3,(H,40,43)(H,41,48)/t19?,20-,21?,22+,23+,24-,28-,31?,33-,34-,36?,39-/m1/s1. The predicted octanol–water partition coefficient (Wildman–Crippen LogP) is 4.86. The highest BCUT2D eigenvalue weighted by Gasteiger charge is 2.57. The predicted molar refractivity (Wildman–Crippen MR) is 197 cm³/mol. The van der Waals surface area contributed by atoms with Gasteiger partial charge in [0.25, 0.3) is 0 Å². The topological polar surface area (TPSA) is 193 Å². The first kappa shape index (κ1) is 41.5. The van der Waals surface area contributed by atoms with Crippen LogP contribution in [0.1, 0.15) is 86.5 Å². The molecule has 0 aromatic carbocycles. The van der Waals surface area contributed by atoms with Crippen molar-refractivity contribution in [2.75, 3.05) is 6.54 Å². The molecule has 0 radical (unpaired) electrons. The van der Waals surface area contributed by atoms with Crippen LogP contribution in [-0.2, 0) is 44.5 Å². The normalized spacial score (nSPS) is 36.4. The number of ketones is 2. The monoisotopic (exact) mass is 773 g/mol. The number of esters is 1. The molecule has 298 valence electrons. The minimum Gasteiger partial charge on any atom is -0.457 e. The van der Waals surface area contributed by atoms with Gasteiger partial charge in [-0.05, 0) is 57.1 Å². The van der Waals surface area contributed by atoms with Crippen molar-refractivity contribution < 1.29 is 52.5 Å². The van der Waals surface area contributed by atoms with Crippen LogP contribution in [0, 0.1) is 35.0 Å². The van der Waals surface area contributed by atoms with Gasteiger partial charge in [0.1, 0.15) is 35.9 Å². The van der Waals surface area contributed by atoms with Crippen molar-refractivity contribution in [2.24, 2.45) is 35.0 Å². The van der Waals surface area contributed by atoms with Crippen molar-refractivity contribution in [3.8, 4) is 10.6 Å². The Labute approximate surface area is 320 Å². The van der Waals surface area contributed by atoms with Gasteiger partial charge in [-0.2, -0.15) is 0 Å². The van der Waals surface area contributed by atoms with E-state index in [0.29, 0.717) is 18.5 Å². The first-order chi connectivity index (χ1) is 25.3. The van der Waals surface area contributed by atoms with E-state index in [1.807, 2.05) is 39.8 Å². The van der Waals surface area contributed by atoms with Gasteiger partial charge in [-0.15, -0.1) is 11.3 Å². The van der Waals surface area contributed by atoms with Crippen molar-refractivity contribution in [1.82, 2.24) is 15.8 Å². The van der Waals surface area contributed by atoms with Crippen molar-refractivity contribution >= 4 is 40.9 Å². The van der Waals surface area contributed by atoms with Crippen LogP contribution in [0.4, 0.5) is 4.79 Å². The van der Waals surface area contributed by atoms with Gasteiger partial charge in [0.05, 0.1) is 29.5 Å². The summed E-state index contributed by atoms with van der Waals surface area (Å²) in [6.07, 6.45) is -2.40. The molecule has 12 atom stereocenters. The molecule has 2 amide bonds. The molecule has 5 heterocycles. The van der Waals surface area contributed by atoms with Gasteiger partial charge in [0, 0.05) is 41.7 Å². The number of cyclic esters (lactones) is 1. The quantitative estimate of drug-likeness (QED) is 0.244. The zero-order chi connectivity index (χ0) is 39.7. The number of carbonyl (C=O) groups is 5. The number of hydrogen-bond donors (Lipinski definition) is 3. The number of aromatic nitrogens is 1. The smallest absolute Gasteiger partial charge is 0.408 e. The molecule has 54 heavy (non-hydrogen) atoms. The number of aliphatic hydroxyl groups excluding tert-OH is 1. The Morgan fingerprint density at radius 2 is 1.76 bits per heavy atom. The summed E-state index contributed by atoms with van der Waals surface area (Å²) < 4.78 is 29.4. The molecule has 3 N–H and O–H groups in total. The first-order valence-electron chi connectivity index (χ1n) is 18.8. The Bertz CT molecular complexity index is 1680. The lowest BCUT2D eigenvalue weighted by Crippen LogP contribution is -2.58. The average molecular weight is 774 g/mol. The molecular weight excluding hydrogens is 719 g/mol. The number of rotatable bonds is 8. The summed E-state index contributed by atoms with van der Waals surface area (Å²) in [4.78, 5) is 69.9. The van der Waals surface area contributed by atoms with E-state index in [4.69, 9.17) is 23.5 Å². The van der Waals surface area contributed by atoms with Crippen molar-refractivity contribution in [3.63, 3.8) is 0 Å². The highest BCUT2D eigenvalue weighted by Crippen LogP contribution is 2.42. The summed E-state index contributed by atoms with van der Waals surface area (Å²) in [5.74, 6) is -5.31. The van der Waals surface area contributed by atoms with Crippen LogP contribution in [0.25, 0.3) is 10.6 Å². The molecule has 2 aromatic heterocycles. The molecule has 5 rings (SSSR count). The summed E-state index contributed by atoms with van der Waals surface area (Å²) in [5.41, 5.74) is -1.67. The van der Waals surface area contributed by atoms with Crippen LogP contribution in [0.3, 0.4) is 0 Å². The van der Waals surface area contributed by atoms with E-state index in [1.165, 1.54) is 24.5 Å². The maximum absolute atomic E-state index is 14.2. The molecule has 3 saturated heterocycles. The molecule has 3 fully saturated rings. The van der Waals surface area contributed by atoms with Crippen molar-refractivity contribution in [1.29, 1.82) is 0 Å². The minimum absolute atomic E-state index is 0.0209. The number of thiophene rings is 1. The zero-order valence-corrected chi connectivity index (χ0v) is 33.4. The number of carbonyl (C=O) groups excluding carboxylic acids is 5. The number of ether oxygens (including phenoxy) is 4. The number of alkyl carbamates (subject to hydrolysis) is 1. The van der Waals surface area contributed by atoms with E-state index < -0.39 is 83.2 Å². The fourth-order valence-electron chi connectivity index (χ4n) is 8.48. The molecule has 4 unspecified atom stereocenters. The minimum atomic E-state index is -1.52. The van der Waals surface area contributed by atoms with Gasteiger partial charge >= 0.3 is 12.1 Å². The first-order valence-corrected chi connectivity index (χ1v) is 19.7. The van der Waals surface area contributed by atoms with Crippen molar-refractivity contribution in [2.45, 2.75) is 130 Å². The number of fused-ring (bicyclic) bond motifs is 1. The Morgan fingerprint density at radius 1 is 1.04 bits per heavy atom. The number of amides is 2. The second kappa shape index (κ2) is 16.6. The van der Waals surface area contributed by atoms with Crippen LogP contribution in [0.15, 0.2) is 29.0 Å². The number of Topliss-reactive ketones (excluding diaryl/α,β-unsaturated/α-hetero) is 2. The molecule has 2 aromatic rings. The van der Waals surface area contributed by atoms with Crippen LogP contribution in [0.5, 0.6) is 0 Å². The largest absolute Gasteiger partial charge is 0.457 e. The van der Waals surface area contributed by atoms with E-state index in [0.717, 1.165) is 9.75 Å². The van der Waals surface area contributed by atoms with Crippen molar-refractivity contribution in [3.05, 3.63) is 29.3 Å². The molecular formula is C39H55N3O11S. The number of nitrogens with zero attached hydrogens (tertiary/aromatic N) is 1. The van der Waals surface area contributed by atoms with Gasteiger partial charge in [0.15, 0.2) is 17.7 Å². The molecule has 0 spiro atoms. The van der Waals surface area contributed by atoms with E-state index >= 15 is 0 Å². The van der Waals surface area contributed by atoms with E-state index in [1.54, 1.807) is 33.8 Å². The molecule has 0 aliphatic carbocycles. The Kier molecular flexibility index (Phi) is 12.8. The lowest BCUT2D eigenvalue weighted by molar-refractivity contribution is -0.284. The summed E-state index contributed by atoms with van der Waals surface area (Å²) in [6, 6.07) is 4.53. The Hall–Kier alpha value is -3.66. The lowest BCUT2D eigenvalue weighted by atomic mass is 9.69. The summed E-state index contributed by atoms with van der Waals surface area (Å²) in [6.45, 7) is 15.9. The third kappa shape index (κ3) is 8.90. The number of hydrogen-bond acceptors (Lipinski definition) is 13. The second-order valence-electron chi connectivity index (χ2n) is 16.4. The van der Waals surface area contributed by atoms with Gasteiger partial charge < -0.3 is 39.2 Å². The number of aliphatic hydroxyl groups is 1. The Balaban J connectivity index is 1.39. The average Bonchev–Trinajstić information content (AvgIpc) is 3.87. The van der Waals surface area contributed by atoms with E-state index in [9.17, 15) is 29.1 Å². The van der Waals surface area contributed by atoms with Gasteiger partial charge in [-0.3, -0.25) is 19.2 Å². The summed E-state index contributed by atoms with van der Waals surface area (Å²) >= 11 is 1.41. The third-order valence-corrected chi connectivity index (χ3v) is 12.6. The second-order valence-corrected chi connectivity index (χ2v) is 17.5. The van der Waals surface area contributed by atoms with Gasteiger partial charge in [-0.1, -0.05) is 46.7 Å². The van der Waals surface area contributed by atoms with E-state index in [-0.39, 0.29) is 43.1 Å². The summed E-state index contributed by atoms with van der Waals surface area (Å²) in [7, 11) is 0. The van der Waals surface area contributed by atoms with Gasteiger partial charge in [0.2, 0.25) is 5.91 Å². The fraction of sp³-hybridized carbons (Fsp3) is 0.692. The molecule has 15 heteroatoms. The molecule has 0 saturated carbocycles. The SMILES string of the molecule is CC1CC(C)C(O)C(O[C@@H]2[C@@H](C)C(=O)[C@@H](C)C(=O)O[C@H](CCNC(=O)Cc3ccc(-c4ccon4)s3)[C@@]3(C)OC(=O)N[C@@H]3[C@@H](C)C(=O)[C@H](C)CC2(C)C)O1. The van der Waals surface area contributed by atoms with Crippen LogP contribution in [-0.4, -0.2) is 88.7 Å². The number of nitrogens with one attached hydrogen (secondary N) is 2. The highest BCUT2D eigenvalue weighted by molar-refractivity contribution is 7.15. The fourth-order valence-corrected chi connectivity index (χ4v) is 9.45. The lowest BCUT2D eigenvalue weighted by Gasteiger charge is -2.45. The van der Waals surface area contributed by atoms with Crippen LogP contribution in [0.2, 0.25) is 0 Å². The zero-order valence-electron chi connectivity index (χ0n) is 32.6. The van der Waals surface area contributed by atoms with Crippen LogP contribution < -0.4 is 10.6 Å². The molecule has 3 aliphatic heterocycles. The third-order valence-electron chi connectivity index (χ3n) is 11.4. The highest BCUT2D eigenvalue weighted by atomic mass is 32.1. The maximum Gasteiger partial charge on any atom is 0.408 e. The molecule has 14 nitrogen and oxygen atoms in total. The maximum atomic E-state index is 14.2. The van der Waals surface area contributed by atoms with E-state index in [2.05, 4.69) is 15.8 Å². The summed E-state index contributed by atoms with van der Waals surface area (Å²) in [5, 5.41) is 20.6.